The number of nitrogens with two attached hydrogens (primary N) is 1. The van der Waals surface area contributed by atoms with Crippen LogP contribution in [0.25, 0.3) is 0 Å². The van der Waals surface area contributed by atoms with Crippen LogP contribution in [0.4, 0.5) is 10.5 Å². The van der Waals surface area contributed by atoms with Gasteiger partial charge in [-0.1, -0.05) is 0 Å². The van der Waals surface area contributed by atoms with Gasteiger partial charge in [0.25, 0.3) is 0 Å². The molecular weight excluding hydrogens is 350 g/mol. The van der Waals surface area contributed by atoms with E-state index in [-0.39, 0.29) is 18.4 Å². The molecule has 25 heavy (non-hydrogen) atoms. The molecule has 4 N–H and O–H groups in total. The van der Waals surface area contributed by atoms with E-state index in [0.717, 1.165) is 0 Å². The molecule has 0 aliphatic carbocycles. The first-order valence-electron chi connectivity index (χ1n) is 7.67. The Morgan fingerprint density at radius 3 is 2.52 bits per heavy atom. The third kappa shape index (κ3) is 5.22. The maximum absolute atomic E-state index is 12.3. The van der Waals surface area contributed by atoms with Crippen molar-refractivity contribution in [2.75, 3.05) is 39.3 Å². The van der Waals surface area contributed by atoms with Crippen molar-refractivity contribution in [3.63, 3.8) is 0 Å². The smallest absolute Gasteiger partial charge is 0.337 e. The van der Waals surface area contributed by atoms with E-state index in [2.05, 4.69) is 15.4 Å². The summed E-state index contributed by atoms with van der Waals surface area (Å²) >= 11 is 0. The molecule has 1 aliphatic rings. The highest BCUT2D eigenvalue weighted by Gasteiger charge is 2.33. The minimum absolute atomic E-state index is 0. The lowest BCUT2D eigenvalue weighted by Gasteiger charge is -2.36. The van der Waals surface area contributed by atoms with Gasteiger partial charge in [0.05, 0.1) is 31.0 Å². The van der Waals surface area contributed by atoms with Crippen molar-refractivity contribution in [1.29, 1.82) is 0 Å². The maximum Gasteiger partial charge on any atom is 0.337 e. The van der Waals surface area contributed by atoms with Crippen LogP contribution in [0.2, 0.25) is 0 Å². The highest BCUT2D eigenvalue weighted by Crippen LogP contribution is 2.26. The second-order valence-corrected chi connectivity index (χ2v) is 5.58. The summed E-state index contributed by atoms with van der Waals surface area (Å²) < 4.78 is 15.2. The molecule has 1 aromatic carbocycles. The zero-order valence-electron chi connectivity index (χ0n) is 14.3. The molecule has 1 saturated heterocycles. The van der Waals surface area contributed by atoms with Crippen molar-refractivity contribution < 1.29 is 23.8 Å². The zero-order valence-corrected chi connectivity index (χ0v) is 15.1. The Hall–Kier alpha value is -2.03. The van der Waals surface area contributed by atoms with Crippen LogP contribution in [-0.4, -0.2) is 51.5 Å². The van der Waals surface area contributed by atoms with Gasteiger partial charge in [0, 0.05) is 19.8 Å². The number of carbonyl (C=O) groups excluding carboxylic acids is 2. The molecular formula is C16H24ClN3O5. The van der Waals surface area contributed by atoms with Gasteiger partial charge in [-0.15, -0.1) is 12.4 Å². The molecule has 1 fully saturated rings. The number of halogens is 1. The fourth-order valence-corrected chi connectivity index (χ4v) is 2.58. The third-order valence-electron chi connectivity index (χ3n) is 4.09. The van der Waals surface area contributed by atoms with Gasteiger partial charge in [-0.25, -0.2) is 9.59 Å². The number of ether oxygens (including phenoxy) is 3. The van der Waals surface area contributed by atoms with E-state index in [1.54, 1.807) is 12.1 Å². The lowest BCUT2D eigenvalue weighted by Crippen LogP contribution is -2.57. The Labute approximate surface area is 152 Å². The SMILES string of the molecule is COC(=O)c1ccc(NC(=O)NC2(CN)CCOCC2)c(OC)c1.Cl. The van der Waals surface area contributed by atoms with Crippen molar-refractivity contribution >= 4 is 30.1 Å². The van der Waals surface area contributed by atoms with Gasteiger partial charge in [-0.2, -0.15) is 0 Å². The molecule has 8 nitrogen and oxygen atoms in total. The molecule has 9 heteroatoms. The highest BCUT2D eigenvalue weighted by molar-refractivity contribution is 5.94. The van der Waals surface area contributed by atoms with E-state index in [4.69, 9.17) is 15.2 Å². The Morgan fingerprint density at radius 1 is 1.28 bits per heavy atom. The maximum atomic E-state index is 12.3. The van der Waals surface area contributed by atoms with E-state index in [1.165, 1.54) is 20.3 Å². The van der Waals surface area contributed by atoms with E-state index in [9.17, 15) is 9.59 Å². The summed E-state index contributed by atoms with van der Waals surface area (Å²) in [5.74, 6) is -0.115. The van der Waals surface area contributed by atoms with Gasteiger partial charge in [0.2, 0.25) is 0 Å². The zero-order chi connectivity index (χ0) is 17.6. The standard InChI is InChI=1S/C16H23N3O5.ClH/c1-22-13-9-11(14(20)23-2)3-4-12(13)18-15(21)19-16(10-17)5-7-24-8-6-16;/h3-4,9H,5-8,10,17H2,1-2H3,(H2,18,19,21);1H. The van der Waals surface area contributed by atoms with Gasteiger partial charge in [0.1, 0.15) is 5.75 Å². The Balaban J connectivity index is 0.00000312. The number of methoxy groups -OCH3 is 2. The molecule has 0 saturated carbocycles. The molecule has 0 radical (unpaired) electrons. The molecule has 0 aromatic heterocycles. The number of hydrogen-bond donors (Lipinski definition) is 3. The molecule has 140 valence electrons. The fourth-order valence-electron chi connectivity index (χ4n) is 2.58. The first-order chi connectivity index (χ1) is 11.5. The number of hydrogen-bond acceptors (Lipinski definition) is 6. The molecule has 1 aromatic rings. The van der Waals surface area contributed by atoms with Crippen LogP contribution < -0.4 is 21.1 Å². The molecule has 2 amide bonds. The lowest BCUT2D eigenvalue weighted by molar-refractivity contribution is 0.0462. The van der Waals surface area contributed by atoms with Gasteiger partial charge < -0.3 is 30.6 Å². The minimum Gasteiger partial charge on any atom is -0.495 e. The third-order valence-corrected chi connectivity index (χ3v) is 4.09. The molecule has 2 rings (SSSR count). The number of carbonyl (C=O) groups is 2. The van der Waals surface area contributed by atoms with Gasteiger partial charge in [-0.3, -0.25) is 0 Å². The molecule has 0 atom stereocenters. The number of benzene rings is 1. The summed E-state index contributed by atoms with van der Waals surface area (Å²) in [7, 11) is 2.76. The van der Waals surface area contributed by atoms with Crippen LogP contribution in [0, 0.1) is 0 Å². The Kier molecular flexibility index (Phi) is 7.95. The quantitative estimate of drug-likeness (QED) is 0.675. The Morgan fingerprint density at radius 2 is 1.96 bits per heavy atom. The summed E-state index contributed by atoms with van der Waals surface area (Å²) in [6, 6.07) is 4.27. The van der Waals surface area contributed by atoms with Gasteiger partial charge >= 0.3 is 12.0 Å². The number of nitrogens with one attached hydrogen (secondary N) is 2. The van der Waals surface area contributed by atoms with Crippen molar-refractivity contribution in [2.24, 2.45) is 5.73 Å². The van der Waals surface area contributed by atoms with E-state index in [0.29, 0.717) is 49.6 Å². The molecule has 1 aliphatic heterocycles. The van der Waals surface area contributed by atoms with E-state index in [1.807, 2.05) is 0 Å². The van der Waals surface area contributed by atoms with E-state index < -0.39 is 11.5 Å². The second kappa shape index (κ2) is 9.45. The Bertz CT molecular complexity index is 605. The number of urea groups is 1. The summed E-state index contributed by atoms with van der Waals surface area (Å²) in [5.41, 5.74) is 6.14. The molecule has 0 unspecified atom stereocenters. The predicted molar refractivity (Wildman–Crippen MR) is 95.6 cm³/mol. The topological polar surface area (TPSA) is 112 Å². The normalized spacial score (nSPS) is 15.5. The summed E-state index contributed by atoms with van der Waals surface area (Å²) in [4.78, 5) is 23.9. The van der Waals surface area contributed by atoms with Crippen LogP contribution >= 0.6 is 12.4 Å². The first kappa shape index (κ1) is 21.0. The van der Waals surface area contributed by atoms with Crippen LogP contribution in [-0.2, 0) is 9.47 Å². The molecule has 0 bridgehead atoms. The van der Waals surface area contributed by atoms with Crippen molar-refractivity contribution in [3.05, 3.63) is 23.8 Å². The second-order valence-electron chi connectivity index (χ2n) is 5.58. The summed E-state index contributed by atoms with van der Waals surface area (Å²) in [5, 5.41) is 5.66. The minimum atomic E-state index is -0.478. The highest BCUT2D eigenvalue weighted by atomic mass is 35.5. The van der Waals surface area contributed by atoms with Crippen molar-refractivity contribution in [1.82, 2.24) is 5.32 Å². The fraction of sp³-hybridized carbons (Fsp3) is 0.500. The number of anilines is 1. The van der Waals surface area contributed by atoms with Gasteiger partial charge in [0.15, 0.2) is 0 Å². The largest absolute Gasteiger partial charge is 0.495 e. The van der Waals surface area contributed by atoms with Crippen LogP contribution in [0.1, 0.15) is 23.2 Å². The number of amides is 2. The number of esters is 1. The average molecular weight is 374 g/mol. The first-order valence-corrected chi connectivity index (χ1v) is 7.67. The lowest BCUT2D eigenvalue weighted by atomic mass is 9.90. The molecule has 1 heterocycles. The van der Waals surface area contributed by atoms with Crippen LogP contribution in [0.15, 0.2) is 18.2 Å². The average Bonchev–Trinajstić information content (AvgIpc) is 2.62. The van der Waals surface area contributed by atoms with Crippen molar-refractivity contribution in [3.8, 4) is 5.75 Å². The van der Waals surface area contributed by atoms with Crippen LogP contribution in [0.3, 0.4) is 0 Å². The van der Waals surface area contributed by atoms with E-state index >= 15 is 0 Å². The predicted octanol–water partition coefficient (Wildman–Crippen LogP) is 1.53. The molecule has 0 spiro atoms. The van der Waals surface area contributed by atoms with Crippen LogP contribution in [0.5, 0.6) is 5.75 Å². The summed E-state index contributed by atoms with van der Waals surface area (Å²) in [6.07, 6.45) is 1.32. The van der Waals surface area contributed by atoms with Crippen molar-refractivity contribution in [2.45, 2.75) is 18.4 Å². The summed E-state index contributed by atoms with van der Waals surface area (Å²) in [6.45, 7) is 1.46. The number of rotatable bonds is 5. The van der Waals surface area contributed by atoms with Gasteiger partial charge in [-0.05, 0) is 31.0 Å². The monoisotopic (exact) mass is 373 g/mol.